The number of benzene rings is 1. The van der Waals surface area contributed by atoms with Gasteiger partial charge >= 0.3 is 0 Å². The number of thioether (sulfide) groups is 1. The molecule has 1 aromatic carbocycles. The molecule has 8 unspecified atom stereocenters. The number of amides is 11. The molecule has 69 heavy (non-hydrogen) atoms. The van der Waals surface area contributed by atoms with Gasteiger partial charge in [-0.2, -0.15) is 11.8 Å². The summed E-state index contributed by atoms with van der Waals surface area (Å²) in [7, 11) is 1.48. The first-order valence-electron chi connectivity index (χ1n) is 23.9. The van der Waals surface area contributed by atoms with Crippen LogP contribution >= 0.6 is 11.8 Å². The summed E-state index contributed by atoms with van der Waals surface area (Å²) in [4.78, 5) is 148. The van der Waals surface area contributed by atoms with Gasteiger partial charge in [-0.25, -0.2) is 0 Å². The summed E-state index contributed by atoms with van der Waals surface area (Å²) >= 11 is 0.544. The molecule has 24 heteroatoms. The molecule has 0 aliphatic carbocycles. The zero-order valence-electron chi connectivity index (χ0n) is 41.7. The highest BCUT2D eigenvalue weighted by Gasteiger charge is 2.40. The predicted octanol–water partition coefficient (Wildman–Crippen LogP) is -2.50. The zero-order valence-corrected chi connectivity index (χ0v) is 40.5. The summed E-state index contributed by atoms with van der Waals surface area (Å²) in [6.45, 7) is 6.38. The molecule has 0 bridgehead atoms. The molecule has 0 saturated carbocycles. The van der Waals surface area contributed by atoms with E-state index in [1.54, 1.807) is 52.0 Å². The molecule has 23 nitrogen and oxygen atoms in total. The van der Waals surface area contributed by atoms with Crippen LogP contribution in [0.1, 0.15) is 93.8 Å². The van der Waals surface area contributed by atoms with Crippen LogP contribution in [0.4, 0.5) is 0 Å². The molecule has 0 radical (unpaired) electrons. The number of ether oxygens (including phenoxy) is 1. The van der Waals surface area contributed by atoms with E-state index in [1.165, 1.54) is 7.11 Å². The summed E-state index contributed by atoms with van der Waals surface area (Å²) < 4.78 is 23.6. The van der Waals surface area contributed by atoms with Crippen molar-refractivity contribution < 1.29 is 60.2 Å². The van der Waals surface area contributed by atoms with Gasteiger partial charge in [0.1, 0.15) is 48.0 Å². The van der Waals surface area contributed by atoms with Gasteiger partial charge in [0.15, 0.2) is 0 Å². The molecule has 2 aliphatic heterocycles. The van der Waals surface area contributed by atoms with Crippen LogP contribution in [0.25, 0.3) is 0 Å². The van der Waals surface area contributed by atoms with Crippen LogP contribution in [-0.2, 0) is 59.2 Å². The fraction of sp³-hybridized carbons (Fsp3) is 0.622. The minimum atomic E-state index is -2.73. The zero-order chi connectivity index (χ0) is 53.2. The third kappa shape index (κ3) is 18.9. The predicted molar refractivity (Wildman–Crippen MR) is 253 cm³/mol. The van der Waals surface area contributed by atoms with E-state index in [2.05, 4.69) is 37.2 Å². The molecule has 0 spiro atoms. The van der Waals surface area contributed by atoms with E-state index < -0.39 is 145 Å². The monoisotopic (exact) mass is 989 g/mol. The lowest BCUT2D eigenvalue weighted by Gasteiger charge is -2.31. The van der Waals surface area contributed by atoms with Gasteiger partial charge in [-0.15, -0.1) is 0 Å². The first kappa shape index (κ1) is 53.5. The summed E-state index contributed by atoms with van der Waals surface area (Å²) in [5.41, 5.74) is 14.0. The number of primary amides is 3. The Labute approximate surface area is 408 Å². The first-order valence-corrected chi connectivity index (χ1v) is 23.9. The molecule has 13 N–H and O–H groups in total. The average molecular weight is 990 g/mol. The van der Waals surface area contributed by atoms with E-state index in [4.69, 9.17) is 24.7 Å². The Balaban J connectivity index is 2.10. The normalized spacial score (nSPS) is 24.3. The third-order valence-corrected chi connectivity index (χ3v) is 12.3. The lowest BCUT2D eigenvalue weighted by atomic mass is 9.96. The SMILES string of the molecule is [2H]C1([2H])SCCCC(=O)NC(Cc2ccc(OC)cc2)C(=O)NC(C(C)CC)C(=O)NC(CCC(N)=O)C(=O)NC(CC(N)=O)C(=O)NC1C(=O)N1CCCC1C(=O)NC(CC(C)C)C(=O)NCC(N)=O. The van der Waals surface area contributed by atoms with Gasteiger partial charge in [-0.3, -0.25) is 52.7 Å². The van der Waals surface area contributed by atoms with Crippen LogP contribution in [0.2, 0.25) is 0 Å². The lowest BCUT2D eigenvalue weighted by molar-refractivity contribution is -0.142. The van der Waals surface area contributed by atoms with E-state index in [9.17, 15) is 52.7 Å². The number of hydrogen-bond acceptors (Lipinski definition) is 13. The molecule has 3 rings (SSSR count). The van der Waals surface area contributed by atoms with E-state index in [-0.39, 0.29) is 56.7 Å². The number of likely N-dealkylation sites (tertiary alicyclic amines) is 1. The topological polar surface area (TPSA) is 363 Å². The second-order valence-corrected chi connectivity index (χ2v) is 18.4. The van der Waals surface area contributed by atoms with Crippen molar-refractivity contribution >= 4 is 76.7 Å². The van der Waals surface area contributed by atoms with Crippen LogP contribution in [0.3, 0.4) is 0 Å². The Morgan fingerprint density at radius 2 is 1.49 bits per heavy atom. The van der Waals surface area contributed by atoms with Crippen LogP contribution in [-0.4, -0.2) is 144 Å². The average Bonchev–Trinajstić information content (AvgIpc) is 3.80. The number of methoxy groups -OCH3 is 1. The van der Waals surface area contributed by atoms with Crippen molar-refractivity contribution in [2.45, 2.75) is 134 Å². The molecule has 2 heterocycles. The number of hydrogen-bond donors (Lipinski definition) is 10. The van der Waals surface area contributed by atoms with Crippen LogP contribution in [0.15, 0.2) is 24.3 Å². The Morgan fingerprint density at radius 3 is 2.10 bits per heavy atom. The second-order valence-electron chi connectivity index (χ2n) is 17.4. The van der Waals surface area contributed by atoms with Gasteiger partial charge in [0.05, 0.1) is 20.1 Å². The quantitative estimate of drug-likeness (QED) is 0.0728. The van der Waals surface area contributed by atoms with Gasteiger partial charge in [0.2, 0.25) is 65.0 Å². The third-order valence-electron chi connectivity index (χ3n) is 11.4. The molecule has 0 aromatic heterocycles. The van der Waals surface area contributed by atoms with E-state index in [0.717, 1.165) is 4.90 Å². The molecule has 382 valence electrons. The minimum absolute atomic E-state index is 0.0174. The van der Waals surface area contributed by atoms with Crippen molar-refractivity contribution in [2.75, 3.05) is 31.7 Å². The Kier molecular flexibility index (Phi) is 21.8. The number of rotatable bonds is 18. The van der Waals surface area contributed by atoms with Crippen molar-refractivity contribution in [3.63, 3.8) is 0 Å². The molecule has 11 amide bonds. The first-order chi connectivity index (χ1) is 33.4. The van der Waals surface area contributed by atoms with E-state index in [0.29, 0.717) is 29.5 Å². The maximum absolute atomic E-state index is 14.7. The summed E-state index contributed by atoms with van der Waals surface area (Å²) in [5, 5.41) is 17.5. The smallest absolute Gasteiger partial charge is 0.246 e. The maximum atomic E-state index is 14.7. The largest absolute Gasteiger partial charge is 0.497 e. The number of nitrogens with one attached hydrogen (secondary N) is 7. The van der Waals surface area contributed by atoms with E-state index >= 15 is 0 Å². The van der Waals surface area contributed by atoms with Crippen LogP contribution in [0.5, 0.6) is 5.75 Å². The van der Waals surface area contributed by atoms with Crippen LogP contribution < -0.4 is 59.2 Å². The van der Waals surface area contributed by atoms with E-state index in [1.807, 2.05) is 0 Å². The second kappa shape index (κ2) is 28.1. The van der Waals surface area contributed by atoms with Gasteiger partial charge in [0.25, 0.3) is 0 Å². The van der Waals surface area contributed by atoms with Crippen molar-refractivity contribution in [1.82, 2.24) is 42.1 Å². The standard InChI is InChI=1S/C45H69N11O12S/c1-6-25(4)38-44(66)51-28(15-16-34(46)57)40(62)52-31(21-35(47)58)41(63)54-32(23-69-18-8-10-37(60)50-30(42(64)55-38)20-26-11-13-27(68-5)14-12-26)45(67)56-17-7-9-33(56)43(65)53-29(19-24(2)3)39(61)49-22-36(48)59/h11-14,24-25,28-33,38H,6-10,15-23H2,1-5H3,(H2,46,57)(H2,47,58)(H2,48,59)(H,49,61)(H,50,60)(H,51,66)(H,52,62)(H,53,65)(H,54,63)(H,55,64)/i23D2. The minimum Gasteiger partial charge on any atom is -0.497 e. The Hall–Kier alpha value is -6.46. The number of nitrogens with two attached hydrogens (primary N) is 3. The Bertz CT molecular complexity index is 2120. The molecule has 1 aromatic rings. The fourth-order valence-electron chi connectivity index (χ4n) is 7.50. The van der Waals surface area contributed by atoms with Crippen molar-refractivity contribution in [2.24, 2.45) is 29.0 Å². The van der Waals surface area contributed by atoms with Crippen molar-refractivity contribution in [3.05, 3.63) is 29.8 Å². The van der Waals surface area contributed by atoms with Crippen molar-refractivity contribution in [3.8, 4) is 5.75 Å². The number of nitrogens with zero attached hydrogens (tertiary/aromatic N) is 1. The number of carbonyl (C=O) groups excluding carboxylic acids is 11. The van der Waals surface area contributed by atoms with Gasteiger partial charge < -0.3 is 64.1 Å². The highest BCUT2D eigenvalue weighted by atomic mass is 32.2. The fourth-order valence-corrected chi connectivity index (χ4v) is 8.23. The molecular formula is C45H69N11O12S. The Morgan fingerprint density at radius 1 is 0.841 bits per heavy atom. The van der Waals surface area contributed by atoms with Crippen molar-refractivity contribution in [1.29, 1.82) is 0 Å². The van der Waals surface area contributed by atoms with Gasteiger partial charge in [0, 0.05) is 34.3 Å². The number of carbonyl (C=O) groups is 11. The van der Waals surface area contributed by atoms with Crippen LogP contribution in [0, 0.1) is 11.8 Å². The molecule has 8 atom stereocenters. The highest BCUT2D eigenvalue weighted by molar-refractivity contribution is 7.99. The molecule has 2 aliphatic rings. The summed E-state index contributed by atoms with van der Waals surface area (Å²) in [6.07, 6.45) is -1.32. The highest BCUT2D eigenvalue weighted by Crippen LogP contribution is 2.22. The lowest BCUT2D eigenvalue weighted by Crippen LogP contribution is -2.61. The molecule has 2 saturated heterocycles. The summed E-state index contributed by atoms with van der Waals surface area (Å²) in [6, 6.07) is -4.00. The molecular weight excluding hydrogens is 919 g/mol. The molecule has 2 fully saturated rings. The maximum Gasteiger partial charge on any atom is 0.246 e. The summed E-state index contributed by atoms with van der Waals surface area (Å²) in [5.74, 6) is -10.4. The van der Waals surface area contributed by atoms with Gasteiger partial charge in [-0.05, 0) is 67.4 Å². The van der Waals surface area contributed by atoms with Gasteiger partial charge in [-0.1, -0.05) is 46.2 Å².